The molecule has 142 valence electrons. The molecule has 0 saturated heterocycles. The second-order valence-corrected chi connectivity index (χ2v) is 7.36. The van der Waals surface area contributed by atoms with Gasteiger partial charge in [-0.15, -0.1) is 0 Å². The molecule has 0 radical (unpaired) electrons. The Kier molecular flexibility index (Phi) is 6.03. The molecule has 0 aromatic heterocycles. The monoisotopic (exact) mass is 386 g/mol. The Balaban J connectivity index is 1.67. The van der Waals surface area contributed by atoms with Crippen LogP contribution in [-0.4, -0.2) is 47.2 Å². The van der Waals surface area contributed by atoms with Gasteiger partial charge in [-0.2, -0.15) is 0 Å². The van der Waals surface area contributed by atoms with Crippen molar-refractivity contribution in [1.82, 2.24) is 4.90 Å². The fraction of sp³-hybridized carbons (Fsp3) is 0.300. The van der Waals surface area contributed by atoms with Crippen LogP contribution in [0.2, 0.25) is 0 Å². The van der Waals surface area contributed by atoms with Crippen LogP contribution < -0.4 is 4.31 Å². The van der Waals surface area contributed by atoms with E-state index in [0.717, 1.165) is 13.1 Å². The van der Waals surface area contributed by atoms with E-state index in [1.54, 1.807) is 48.5 Å². The zero-order valence-corrected chi connectivity index (χ0v) is 16.2. The Hall–Kier alpha value is -2.51. The molecule has 1 aliphatic rings. The summed E-state index contributed by atoms with van der Waals surface area (Å²) in [5.74, 6) is -0.718. The van der Waals surface area contributed by atoms with Gasteiger partial charge in [-0.25, -0.2) is 13.3 Å². The van der Waals surface area contributed by atoms with Gasteiger partial charge in [0, 0.05) is 6.54 Å². The minimum atomic E-state index is -1.58. The molecule has 0 fully saturated rings. The third kappa shape index (κ3) is 3.94. The Morgan fingerprint density at radius 1 is 1.07 bits per heavy atom. The van der Waals surface area contributed by atoms with Crippen LogP contribution in [0.25, 0.3) is 0 Å². The third-order valence-electron chi connectivity index (χ3n) is 4.53. The Bertz CT molecular complexity index is 828. The summed E-state index contributed by atoms with van der Waals surface area (Å²) in [7, 11) is -1.58. The van der Waals surface area contributed by atoms with Crippen LogP contribution >= 0.6 is 0 Å². The predicted octanol–water partition coefficient (Wildman–Crippen LogP) is 2.87. The number of ether oxygens (including phenoxy) is 1. The fourth-order valence-corrected chi connectivity index (χ4v) is 4.21. The summed E-state index contributed by atoms with van der Waals surface area (Å²) in [6.45, 7) is 6.96. The van der Waals surface area contributed by atoms with E-state index in [9.17, 15) is 13.8 Å². The van der Waals surface area contributed by atoms with E-state index >= 15 is 0 Å². The predicted molar refractivity (Wildman–Crippen MR) is 104 cm³/mol. The lowest BCUT2D eigenvalue weighted by Crippen LogP contribution is -2.28. The first-order valence-electron chi connectivity index (χ1n) is 8.91. The number of nitrogens with zero attached hydrogens (tertiary/aromatic N) is 2. The molecule has 1 amide bonds. The molecule has 7 heteroatoms. The van der Waals surface area contributed by atoms with E-state index in [2.05, 4.69) is 18.7 Å². The first kappa shape index (κ1) is 19.3. The summed E-state index contributed by atoms with van der Waals surface area (Å²) in [4.78, 5) is 27.4. The number of anilines is 1. The topological polar surface area (TPSA) is 66.9 Å². The molecule has 1 unspecified atom stereocenters. The van der Waals surface area contributed by atoms with Gasteiger partial charge in [0.1, 0.15) is 6.61 Å². The summed E-state index contributed by atoms with van der Waals surface area (Å²) in [6, 6.07) is 13.2. The van der Waals surface area contributed by atoms with Gasteiger partial charge in [-0.3, -0.25) is 4.79 Å². The van der Waals surface area contributed by atoms with E-state index in [4.69, 9.17) is 4.74 Å². The average molecular weight is 386 g/mol. The van der Waals surface area contributed by atoms with Crippen LogP contribution in [0.1, 0.15) is 34.6 Å². The number of amides is 1. The lowest BCUT2D eigenvalue weighted by atomic mass is 10.2. The molecule has 6 nitrogen and oxygen atoms in total. The number of hydrogen-bond acceptors (Lipinski definition) is 5. The molecule has 0 spiro atoms. The van der Waals surface area contributed by atoms with Crippen LogP contribution in [0.3, 0.4) is 0 Å². The Morgan fingerprint density at radius 3 is 2.37 bits per heavy atom. The Morgan fingerprint density at radius 2 is 1.74 bits per heavy atom. The molecule has 0 N–H and O–H groups in total. The Labute approximate surface area is 161 Å². The molecular weight excluding hydrogens is 364 g/mol. The minimum Gasteiger partial charge on any atom is -0.461 e. The number of esters is 1. The second-order valence-electron chi connectivity index (χ2n) is 6.05. The van der Waals surface area contributed by atoms with Gasteiger partial charge in [0.05, 0.1) is 21.7 Å². The summed E-state index contributed by atoms with van der Waals surface area (Å²) >= 11 is 0. The number of hydrogen-bond donors (Lipinski definition) is 0. The molecule has 3 rings (SSSR count). The number of fused-ring (bicyclic) bond motifs is 1. The van der Waals surface area contributed by atoms with Crippen molar-refractivity contribution in [3.63, 3.8) is 0 Å². The van der Waals surface area contributed by atoms with Crippen molar-refractivity contribution in [2.75, 3.05) is 30.5 Å². The number of likely N-dealkylation sites (N-methyl/N-ethyl adjacent to an activating group) is 1. The van der Waals surface area contributed by atoms with Gasteiger partial charge < -0.3 is 9.64 Å². The number of rotatable bonds is 7. The normalized spacial score (nSPS) is 15.9. The maximum atomic E-state index is 12.6. The summed E-state index contributed by atoms with van der Waals surface area (Å²) in [5, 5.41) is 0. The van der Waals surface area contributed by atoms with Crippen molar-refractivity contribution in [3.05, 3.63) is 59.7 Å². The van der Waals surface area contributed by atoms with E-state index < -0.39 is 17.0 Å². The van der Waals surface area contributed by atoms with Crippen molar-refractivity contribution in [2.45, 2.75) is 18.7 Å². The van der Waals surface area contributed by atoms with Crippen LogP contribution in [0.4, 0.5) is 5.69 Å². The SMILES string of the molecule is CCN(CC)CCOC(=O)c1ccc(N2C(=O)c3ccccc3S2=O)cc1. The highest BCUT2D eigenvalue weighted by Crippen LogP contribution is 2.31. The van der Waals surface area contributed by atoms with Gasteiger partial charge in [0.25, 0.3) is 5.91 Å². The van der Waals surface area contributed by atoms with Crippen molar-refractivity contribution in [2.24, 2.45) is 0 Å². The van der Waals surface area contributed by atoms with Crippen molar-refractivity contribution >= 4 is 28.5 Å². The average Bonchev–Trinajstić information content (AvgIpc) is 2.96. The largest absolute Gasteiger partial charge is 0.461 e. The second kappa shape index (κ2) is 8.45. The molecule has 27 heavy (non-hydrogen) atoms. The van der Waals surface area contributed by atoms with Crippen molar-refractivity contribution in [3.8, 4) is 0 Å². The molecule has 0 aliphatic carbocycles. The summed E-state index contributed by atoms with van der Waals surface area (Å²) < 4.78 is 19.1. The van der Waals surface area contributed by atoms with E-state index in [1.165, 1.54) is 4.31 Å². The molecule has 0 saturated carbocycles. The highest BCUT2D eigenvalue weighted by molar-refractivity contribution is 7.88. The maximum Gasteiger partial charge on any atom is 0.338 e. The molecule has 2 aromatic carbocycles. The van der Waals surface area contributed by atoms with Gasteiger partial charge in [-0.05, 0) is 49.5 Å². The maximum absolute atomic E-state index is 12.6. The lowest BCUT2D eigenvalue weighted by molar-refractivity contribution is 0.0466. The molecule has 0 bridgehead atoms. The van der Waals surface area contributed by atoms with Crippen LogP contribution in [-0.2, 0) is 15.7 Å². The van der Waals surface area contributed by atoms with Gasteiger partial charge in [0.15, 0.2) is 11.0 Å². The highest BCUT2D eigenvalue weighted by atomic mass is 32.2. The molecular formula is C20H22N2O4S. The van der Waals surface area contributed by atoms with E-state index in [-0.39, 0.29) is 5.91 Å². The van der Waals surface area contributed by atoms with Gasteiger partial charge in [-0.1, -0.05) is 26.0 Å². The third-order valence-corrected chi connectivity index (χ3v) is 5.97. The fourth-order valence-electron chi connectivity index (χ4n) is 2.92. The summed E-state index contributed by atoms with van der Waals surface area (Å²) in [6.07, 6.45) is 0. The standard InChI is InChI=1S/C20H22N2O4S/c1-3-21(4-2)13-14-26-20(24)15-9-11-16(12-10-15)22-19(23)17-7-5-6-8-18(17)27(22)25/h5-12H,3-4,13-14H2,1-2H3. The molecule has 1 heterocycles. The number of carbonyl (C=O) groups is 2. The molecule has 2 aromatic rings. The van der Waals surface area contributed by atoms with Crippen molar-refractivity contribution in [1.29, 1.82) is 0 Å². The van der Waals surface area contributed by atoms with Crippen molar-refractivity contribution < 1.29 is 18.5 Å². The quantitative estimate of drug-likeness (QED) is 0.685. The zero-order valence-electron chi connectivity index (χ0n) is 15.4. The first-order valence-corrected chi connectivity index (χ1v) is 10.0. The van der Waals surface area contributed by atoms with Gasteiger partial charge in [0.2, 0.25) is 0 Å². The zero-order chi connectivity index (χ0) is 19.4. The van der Waals surface area contributed by atoms with Gasteiger partial charge >= 0.3 is 5.97 Å². The first-order chi connectivity index (χ1) is 13.1. The lowest BCUT2D eigenvalue weighted by Gasteiger charge is -2.17. The van der Waals surface area contributed by atoms with E-state index in [1.807, 2.05) is 0 Å². The van der Waals surface area contributed by atoms with Crippen LogP contribution in [0, 0.1) is 0 Å². The summed E-state index contributed by atoms with van der Waals surface area (Å²) in [5.41, 5.74) is 1.32. The van der Waals surface area contributed by atoms with Crippen LogP contribution in [0.5, 0.6) is 0 Å². The molecule has 1 atom stereocenters. The number of benzene rings is 2. The van der Waals surface area contributed by atoms with Crippen LogP contribution in [0.15, 0.2) is 53.4 Å². The molecule has 1 aliphatic heterocycles. The van der Waals surface area contributed by atoms with E-state index in [0.29, 0.717) is 34.9 Å². The number of carbonyl (C=O) groups excluding carboxylic acids is 2. The smallest absolute Gasteiger partial charge is 0.338 e. The highest BCUT2D eigenvalue weighted by Gasteiger charge is 2.35. The minimum absolute atomic E-state index is 0.307.